The fraction of sp³-hybridized carbons (Fsp3) is 0. The van der Waals surface area contributed by atoms with E-state index in [1.165, 1.54) is 0 Å². The van der Waals surface area contributed by atoms with Crippen LogP contribution in [0.1, 0.15) is 0 Å². The zero-order valence-electron chi connectivity index (χ0n) is 9.13. The summed E-state index contributed by atoms with van der Waals surface area (Å²) in [6.45, 7) is 0. The van der Waals surface area contributed by atoms with E-state index in [1.807, 2.05) is 6.07 Å². The average molecular weight is 720 g/mol. The molecule has 0 radical (unpaired) electrons. The summed E-state index contributed by atoms with van der Waals surface area (Å²) in [6, 6.07) is 1.95. The molecule has 0 saturated carbocycles. The van der Waals surface area contributed by atoms with E-state index in [0.717, 1.165) is 53.2 Å². The third kappa shape index (κ3) is 2.36. The van der Waals surface area contributed by atoms with Crippen molar-refractivity contribution in [2.24, 2.45) is 0 Å². The third-order valence-corrected chi connectivity index (χ3v) is 10.9. The van der Waals surface area contributed by atoms with Gasteiger partial charge in [-0.2, -0.15) is 0 Å². The molecular formula is C12HBr7O. The summed E-state index contributed by atoms with van der Waals surface area (Å²) in [5.74, 6) is 0. The summed E-state index contributed by atoms with van der Waals surface area (Å²) in [5.41, 5.74) is 1.58. The topological polar surface area (TPSA) is 13.1 Å². The average Bonchev–Trinajstić information content (AvgIpc) is 2.79. The molecule has 3 rings (SSSR count). The first-order valence-corrected chi connectivity index (χ1v) is 10.6. The standard InChI is InChI=1S/C12HBr7O/c13-2-1-3-4(7(15)6(2)14)5-8(16)9(17)10(18)11(19)12(5)20-3/h1H. The Morgan fingerprint density at radius 2 is 1.15 bits per heavy atom. The molecule has 0 aliphatic carbocycles. The Hall–Kier alpha value is 1.60. The maximum absolute atomic E-state index is 6.01. The maximum atomic E-state index is 6.01. The van der Waals surface area contributed by atoms with Gasteiger partial charge in [-0.25, -0.2) is 0 Å². The summed E-state index contributed by atoms with van der Waals surface area (Å²) in [7, 11) is 0. The van der Waals surface area contributed by atoms with Crippen LogP contribution in [0.3, 0.4) is 0 Å². The zero-order valence-corrected chi connectivity index (χ0v) is 20.2. The molecule has 1 heterocycles. The van der Waals surface area contributed by atoms with Crippen molar-refractivity contribution in [1.82, 2.24) is 0 Å². The number of furan rings is 1. The minimum Gasteiger partial charge on any atom is -0.455 e. The molecule has 8 heteroatoms. The number of rotatable bonds is 0. The van der Waals surface area contributed by atoms with Crippen LogP contribution in [0.5, 0.6) is 0 Å². The van der Waals surface area contributed by atoms with Crippen LogP contribution in [-0.4, -0.2) is 0 Å². The molecule has 0 aliphatic rings. The lowest BCUT2D eigenvalue weighted by Gasteiger charge is -2.05. The van der Waals surface area contributed by atoms with Gasteiger partial charge >= 0.3 is 0 Å². The minimum atomic E-state index is 0.785. The Morgan fingerprint density at radius 3 is 1.80 bits per heavy atom. The van der Waals surface area contributed by atoms with Crippen molar-refractivity contribution in [3.8, 4) is 0 Å². The second kappa shape index (κ2) is 5.91. The van der Waals surface area contributed by atoms with Crippen molar-refractivity contribution in [2.75, 3.05) is 0 Å². The zero-order chi connectivity index (χ0) is 14.8. The Balaban J connectivity index is 2.69. The number of hydrogen-bond acceptors (Lipinski definition) is 1. The van der Waals surface area contributed by atoms with E-state index in [1.54, 1.807) is 0 Å². The van der Waals surface area contributed by atoms with Gasteiger partial charge in [0.1, 0.15) is 5.58 Å². The van der Waals surface area contributed by atoms with E-state index in [0.29, 0.717) is 0 Å². The van der Waals surface area contributed by atoms with Gasteiger partial charge in [0, 0.05) is 33.1 Å². The minimum absolute atomic E-state index is 0.785. The molecule has 0 N–H and O–H groups in total. The highest BCUT2D eigenvalue weighted by atomic mass is 79.9. The molecule has 0 amide bonds. The Bertz CT molecular complexity index is 881. The van der Waals surface area contributed by atoms with Gasteiger partial charge < -0.3 is 4.42 Å². The van der Waals surface area contributed by atoms with Crippen molar-refractivity contribution in [3.63, 3.8) is 0 Å². The summed E-state index contributed by atoms with van der Waals surface area (Å²) >= 11 is 25.0. The van der Waals surface area contributed by atoms with Crippen molar-refractivity contribution in [3.05, 3.63) is 37.4 Å². The van der Waals surface area contributed by atoms with Crippen LogP contribution < -0.4 is 0 Å². The molecule has 0 unspecified atom stereocenters. The fourth-order valence-corrected chi connectivity index (χ4v) is 5.88. The molecule has 0 spiro atoms. The molecule has 1 nitrogen and oxygen atoms in total. The quantitative estimate of drug-likeness (QED) is 0.167. The molecule has 0 aliphatic heterocycles. The van der Waals surface area contributed by atoms with E-state index >= 15 is 0 Å². The lowest BCUT2D eigenvalue weighted by atomic mass is 10.1. The lowest BCUT2D eigenvalue weighted by molar-refractivity contribution is 0.665. The molecule has 0 atom stereocenters. The van der Waals surface area contributed by atoms with E-state index in [2.05, 4.69) is 112 Å². The van der Waals surface area contributed by atoms with E-state index < -0.39 is 0 Å². The molecule has 0 fully saturated rings. The summed E-state index contributed by atoms with van der Waals surface area (Å²) in [4.78, 5) is 0. The van der Waals surface area contributed by atoms with E-state index in [9.17, 15) is 0 Å². The number of benzene rings is 2. The molecule has 1 aromatic heterocycles. The third-order valence-electron chi connectivity index (χ3n) is 2.81. The summed E-state index contributed by atoms with van der Waals surface area (Å²) in [6.07, 6.45) is 0. The predicted octanol–water partition coefficient (Wildman–Crippen LogP) is 8.92. The smallest absolute Gasteiger partial charge is 0.152 e. The number of hydrogen-bond donors (Lipinski definition) is 0. The van der Waals surface area contributed by atoms with Gasteiger partial charge in [0.05, 0.1) is 8.95 Å². The Kier molecular flexibility index (Phi) is 4.86. The van der Waals surface area contributed by atoms with Crippen LogP contribution in [0.15, 0.2) is 41.8 Å². The molecule has 3 aromatic rings. The monoisotopic (exact) mass is 713 g/mol. The number of fused-ring (bicyclic) bond motifs is 3. The fourth-order valence-electron chi connectivity index (χ4n) is 1.93. The van der Waals surface area contributed by atoms with Crippen LogP contribution >= 0.6 is 112 Å². The van der Waals surface area contributed by atoms with Gasteiger partial charge in [-0.1, -0.05) is 0 Å². The van der Waals surface area contributed by atoms with Crippen LogP contribution in [0, 0.1) is 0 Å². The van der Waals surface area contributed by atoms with Gasteiger partial charge in [0.15, 0.2) is 5.58 Å². The van der Waals surface area contributed by atoms with Gasteiger partial charge in [-0.05, 0) is 118 Å². The molecule has 20 heavy (non-hydrogen) atoms. The van der Waals surface area contributed by atoms with Crippen LogP contribution in [-0.2, 0) is 0 Å². The largest absolute Gasteiger partial charge is 0.455 e. The molecule has 0 saturated heterocycles. The van der Waals surface area contributed by atoms with Crippen molar-refractivity contribution >= 4 is 133 Å². The lowest BCUT2D eigenvalue weighted by Crippen LogP contribution is -1.80. The Labute approximate surface area is 173 Å². The van der Waals surface area contributed by atoms with Crippen LogP contribution in [0.25, 0.3) is 21.9 Å². The van der Waals surface area contributed by atoms with Crippen LogP contribution in [0.4, 0.5) is 0 Å². The predicted molar refractivity (Wildman–Crippen MR) is 108 cm³/mol. The molecule has 2 aromatic carbocycles. The SMILES string of the molecule is Brc1cc2oc3c(Br)c(Br)c(Br)c(Br)c3c2c(Br)c1Br. The van der Waals surface area contributed by atoms with Gasteiger partial charge in [-0.15, -0.1) is 0 Å². The highest BCUT2D eigenvalue weighted by Gasteiger charge is 2.22. The molecule has 0 bridgehead atoms. The van der Waals surface area contributed by atoms with E-state index in [-0.39, 0.29) is 0 Å². The van der Waals surface area contributed by atoms with E-state index in [4.69, 9.17) is 4.42 Å². The normalized spacial score (nSPS) is 11.8. The number of halogens is 7. The van der Waals surface area contributed by atoms with Crippen molar-refractivity contribution < 1.29 is 4.42 Å². The molecular weight excluding hydrogens is 719 g/mol. The summed E-state index contributed by atoms with van der Waals surface area (Å²) < 4.78 is 12.5. The second-order valence-electron chi connectivity index (χ2n) is 3.92. The highest BCUT2D eigenvalue weighted by Crippen LogP contribution is 2.50. The van der Waals surface area contributed by atoms with Crippen molar-refractivity contribution in [1.29, 1.82) is 0 Å². The summed E-state index contributed by atoms with van der Waals surface area (Å²) in [5, 5.41) is 2.01. The first-order valence-electron chi connectivity index (χ1n) is 5.06. The second-order valence-corrected chi connectivity index (χ2v) is 9.53. The first kappa shape index (κ1) is 16.5. The van der Waals surface area contributed by atoms with Gasteiger partial charge in [-0.3, -0.25) is 0 Å². The maximum Gasteiger partial charge on any atom is 0.152 e. The molecule has 104 valence electrons. The van der Waals surface area contributed by atoms with Gasteiger partial charge in [0.25, 0.3) is 0 Å². The van der Waals surface area contributed by atoms with Gasteiger partial charge in [0.2, 0.25) is 0 Å². The first-order chi connectivity index (χ1) is 9.34. The van der Waals surface area contributed by atoms with Crippen molar-refractivity contribution in [2.45, 2.75) is 0 Å². The highest BCUT2D eigenvalue weighted by molar-refractivity contribution is 9.15. The van der Waals surface area contributed by atoms with Crippen LogP contribution in [0.2, 0.25) is 0 Å². The Morgan fingerprint density at radius 1 is 0.600 bits per heavy atom.